The molecule has 0 aliphatic carbocycles. The lowest BCUT2D eigenvalue weighted by Gasteiger charge is -2.36. The highest BCUT2D eigenvalue weighted by atomic mass is 32.2. The molecular formula is C19H24F4N4O2S. The summed E-state index contributed by atoms with van der Waals surface area (Å²) in [6.07, 6.45) is -1.62. The van der Waals surface area contributed by atoms with Crippen molar-refractivity contribution in [1.29, 1.82) is 0 Å². The number of carbonyl (C=O) groups is 1. The smallest absolute Gasteiger partial charge is 0.444 e. The van der Waals surface area contributed by atoms with Crippen LogP contribution in [-0.4, -0.2) is 57.0 Å². The number of rotatable bonds is 3. The van der Waals surface area contributed by atoms with Gasteiger partial charge in [-0.15, -0.1) is 0 Å². The Morgan fingerprint density at radius 1 is 1.30 bits per heavy atom. The van der Waals surface area contributed by atoms with Gasteiger partial charge in [-0.05, 0) is 58.0 Å². The van der Waals surface area contributed by atoms with Gasteiger partial charge in [0.2, 0.25) is 0 Å². The van der Waals surface area contributed by atoms with Crippen molar-refractivity contribution in [2.24, 2.45) is 0 Å². The van der Waals surface area contributed by atoms with Crippen molar-refractivity contribution in [2.45, 2.75) is 62.3 Å². The topological polar surface area (TPSA) is 58.9 Å². The molecule has 6 nitrogen and oxygen atoms in total. The number of pyridine rings is 1. The first-order chi connectivity index (χ1) is 13.8. The van der Waals surface area contributed by atoms with Crippen LogP contribution in [0, 0.1) is 6.92 Å². The molecule has 0 saturated carbocycles. The normalized spacial score (nSPS) is 20.5. The maximum atomic E-state index is 14.8. The Morgan fingerprint density at radius 2 is 2.00 bits per heavy atom. The Morgan fingerprint density at radius 3 is 2.60 bits per heavy atom. The third-order valence-corrected chi connectivity index (χ3v) is 5.46. The number of nitrogens with one attached hydrogen (secondary N) is 1. The molecule has 0 aromatic carbocycles. The number of nitrogens with zero attached hydrogens (tertiary/aromatic N) is 3. The fourth-order valence-electron chi connectivity index (χ4n) is 3.26. The van der Waals surface area contributed by atoms with Gasteiger partial charge in [0.25, 0.3) is 0 Å². The summed E-state index contributed by atoms with van der Waals surface area (Å²) in [7, 11) is 0. The molecule has 2 unspecified atom stereocenters. The third-order valence-electron chi connectivity index (χ3n) is 4.52. The van der Waals surface area contributed by atoms with Crippen LogP contribution in [0.2, 0.25) is 0 Å². The van der Waals surface area contributed by atoms with Crippen LogP contribution in [0.25, 0.3) is 5.52 Å². The van der Waals surface area contributed by atoms with Gasteiger partial charge in [-0.2, -0.15) is 18.3 Å². The molecule has 0 bridgehead atoms. The second-order valence-electron chi connectivity index (χ2n) is 8.15. The number of fused-ring (bicyclic) bond motifs is 1. The number of aryl methyl sites for hydroxylation is 1. The fourth-order valence-corrected chi connectivity index (χ4v) is 3.94. The van der Waals surface area contributed by atoms with E-state index in [2.05, 4.69) is 10.4 Å². The van der Waals surface area contributed by atoms with Gasteiger partial charge in [0, 0.05) is 6.54 Å². The predicted molar refractivity (Wildman–Crippen MR) is 107 cm³/mol. The lowest BCUT2D eigenvalue weighted by atomic mass is 10.0. The van der Waals surface area contributed by atoms with E-state index in [0.717, 1.165) is 0 Å². The number of anilines is 1. The molecule has 1 fully saturated rings. The minimum Gasteiger partial charge on any atom is -0.444 e. The van der Waals surface area contributed by atoms with Gasteiger partial charge in [-0.1, -0.05) is 6.07 Å². The standard InChI is InChI=1S/C19H24F4N4O2S/c1-11-16(30-19(21,22)23)14-6-5-7-15(27(14)25-11)24-13-8-9-26(10-12(13)20)17(28)29-18(2,3)4/h5-7,12-13,24H,8-10H2,1-4H3. The SMILES string of the molecule is Cc1nn2c(NC3CCN(C(=O)OC(C)(C)C)CC3F)cccc2c1SC(F)(F)F. The van der Waals surface area contributed by atoms with E-state index in [1.807, 2.05) is 0 Å². The van der Waals surface area contributed by atoms with Crippen molar-refractivity contribution in [3.05, 3.63) is 23.9 Å². The number of hydrogen-bond donors (Lipinski definition) is 1. The van der Waals surface area contributed by atoms with Crippen molar-refractivity contribution in [1.82, 2.24) is 14.5 Å². The van der Waals surface area contributed by atoms with Crippen LogP contribution < -0.4 is 5.32 Å². The Hall–Kier alpha value is -2.17. The molecule has 3 heterocycles. The Balaban J connectivity index is 1.74. The molecule has 2 atom stereocenters. The summed E-state index contributed by atoms with van der Waals surface area (Å²) in [5, 5.41) is 7.24. The highest BCUT2D eigenvalue weighted by Crippen LogP contribution is 2.41. The highest BCUT2D eigenvalue weighted by molar-refractivity contribution is 8.00. The first-order valence-electron chi connectivity index (χ1n) is 9.47. The molecule has 1 N–H and O–H groups in total. The van der Waals surface area contributed by atoms with Crippen molar-refractivity contribution in [3.8, 4) is 0 Å². The number of amides is 1. The highest BCUT2D eigenvalue weighted by Gasteiger charge is 2.35. The van der Waals surface area contributed by atoms with Gasteiger partial charge >= 0.3 is 11.6 Å². The summed E-state index contributed by atoms with van der Waals surface area (Å²) in [6.45, 7) is 6.90. The molecule has 1 aliphatic heterocycles. The first kappa shape index (κ1) is 22.5. The van der Waals surface area contributed by atoms with E-state index >= 15 is 0 Å². The molecule has 1 saturated heterocycles. The van der Waals surface area contributed by atoms with Crippen LogP contribution in [0.3, 0.4) is 0 Å². The second-order valence-corrected chi connectivity index (χ2v) is 9.23. The maximum absolute atomic E-state index is 14.8. The third kappa shape index (κ3) is 5.30. The Bertz CT molecular complexity index is 926. The van der Waals surface area contributed by atoms with Crippen LogP contribution >= 0.6 is 11.8 Å². The molecule has 1 aliphatic rings. The van der Waals surface area contributed by atoms with E-state index in [9.17, 15) is 22.4 Å². The molecular weight excluding hydrogens is 424 g/mol. The van der Waals surface area contributed by atoms with Crippen LogP contribution in [0.15, 0.2) is 23.1 Å². The summed E-state index contributed by atoms with van der Waals surface area (Å²) >= 11 is -0.217. The van der Waals surface area contributed by atoms with Crippen molar-refractivity contribution < 1.29 is 27.1 Å². The monoisotopic (exact) mass is 448 g/mol. The van der Waals surface area contributed by atoms with E-state index < -0.39 is 29.4 Å². The number of thioether (sulfide) groups is 1. The number of aromatic nitrogens is 2. The lowest BCUT2D eigenvalue weighted by molar-refractivity contribution is -0.0328. The zero-order valence-corrected chi connectivity index (χ0v) is 17.9. The van der Waals surface area contributed by atoms with Crippen LogP contribution in [0.4, 0.5) is 28.2 Å². The molecule has 2 aromatic rings. The second kappa shape index (κ2) is 8.16. The lowest BCUT2D eigenvalue weighted by Crippen LogP contribution is -2.51. The molecule has 0 radical (unpaired) electrons. The molecule has 30 heavy (non-hydrogen) atoms. The Labute approximate surface area is 175 Å². The number of likely N-dealkylation sites (tertiary alicyclic amines) is 1. The molecule has 0 spiro atoms. The van der Waals surface area contributed by atoms with Crippen LogP contribution in [0.1, 0.15) is 32.9 Å². The number of alkyl halides is 4. The van der Waals surface area contributed by atoms with Gasteiger partial charge in [-0.3, -0.25) is 0 Å². The number of ether oxygens (including phenoxy) is 1. The average Bonchev–Trinajstić information content (AvgIpc) is 2.90. The summed E-state index contributed by atoms with van der Waals surface area (Å²) < 4.78 is 60.1. The van der Waals surface area contributed by atoms with Crippen molar-refractivity contribution in [3.63, 3.8) is 0 Å². The quantitative estimate of drug-likeness (QED) is 0.528. The predicted octanol–water partition coefficient (Wildman–Crippen LogP) is 5.01. The van der Waals surface area contributed by atoms with Crippen molar-refractivity contribution in [2.75, 3.05) is 18.4 Å². The summed E-state index contributed by atoms with van der Waals surface area (Å²) in [5.41, 5.74) is -4.57. The number of halogens is 4. The van der Waals surface area contributed by atoms with Gasteiger partial charge in [0.05, 0.1) is 28.7 Å². The van der Waals surface area contributed by atoms with Crippen molar-refractivity contribution >= 4 is 29.2 Å². The zero-order valence-electron chi connectivity index (χ0n) is 17.1. The summed E-state index contributed by atoms with van der Waals surface area (Å²) in [6, 6.07) is 4.16. The van der Waals surface area contributed by atoms with E-state index in [1.165, 1.54) is 22.4 Å². The Kier molecular flexibility index (Phi) is 6.13. The molecule has 1 amide bonds. The van der Waals surface area contributed by atoms with Crippen LogP contribution in [-0.2, 0) is 4.74 Å². The number of carbonyl (C=O) groups excluding carboxylic acids is 1. The zero-order chi connectivity index (χ0) is 22.3. The first-order valence-corrected chi connectivity index (χ1v) is 10.3. The maximum Gasteiger partial charge on any atom is 0.446 e. The number of piperidine rings is 1. The summed E-state index contributed by atoms with van der Waals surface area (Å²) in [4.78, 5) is 13.5. The fraction of sp³-hybridized carbons (Fsp3) is 0.579. The average molecular weight is 448 g/mol. The van der Waals surface area contributed by atoms with Crippen LogP contribution in [0.5, 0.6) is 0 Å². The molecule has 166 valence electrons. The van der Waals surface area contributed by atoms with E-state index in [0.29, 0.717) is 24.3 Å². The van der Waals surface area contributed by atoms with E-state index in [-0.39, 0.29) is 28.9 Å². The minimum absolute atomic E-state index is 0.0164. The van der Waals surface area contributed by atoms with E-state index in [4.69, 9.17) is 4.74 Å². The van der Waals surface area contributed by atoms with Gasteiger partial charge in [-0.25, -0.2) is 13.7 Å². The molecule has 11 heteroatoms. The van der Waals surface area contributed by atoms with Gasteiger partial charge in [0.1, 0.15) is 17.6 Å². The summed E-state index contributed by atoms with van der Waals surface area (Å²) in [5.74, 6) is 0.392. The molecule has 2 aromatic heterocycles. The largest absolute Gasteiger partial charge is 0.446 e. The van der Waals surface area contributed by atoms with E-state index in [1.54, 1.807) is 32.9 Å². The minimum atomic E-state index is -4.43. The molecule has 3 rings (SSSR count). The van der Waals surface area contributed by atoms with Gasteiger partial charge in [0.15, 0.2) is 0 Å². The number of hydrogen-bond acceptors (Lipinski definition) is 5. The van der Waals surface area contributed by atoms with Gasteiger partial charge < -0.3 is 15.0 Å².